The van der Waals surface area contributed by atoms with Gasteiger partial charge in [-0.15, -0.1) is 0 Å². The van der Waals surface area contributed by atoms with Gasteiger partial charge in [0.15, 0.2) is 11.6 Å². The molecule has 0 radical (unpaired) electrons. The lowest BCUT2D eigenvalue weighted by Crippen LogP contribution is -2.48. The summed E-state index contributed by atoms with van der Waals surface area (Å²) < 4.78 is 32.3. The van der Waals surface area contributed by atoms with Crippen LogP contribution in [-0.4, -0.2) is 52.7 Å². The van der Waals surface area contributed by atoms with Crippen LogP contribution in [0.2, 0.25) is 0 Å². The lowest BCUT2D eigenvalue weighted by molar-refractivity contribution is -0.175. The third-order valence-electron chi connectivity index (χ3n) is 5.83. The van der Waals surface area contributed by atoms with E-state index in [0.29, 0.717) is 13.2 Å². The van der Waals surface area contributed by atoms with E-state index in [-0.39, 0.29) is 12.2 Å². The minimum atomic E-state index is -0.811. The van der Waals surface area contributed by atoms with Crippen molar-refractivity contribution in [1.29, 1.82) is 0 Å². The fourth-order valence-corrected chi connectivity index (χ4v) is 5.05. The highest BCUT2D eigenvalue weighted by Crippen LogP contribution is 2.40. The Bertz CT molecular complexity index is 955. The van der Waals surface area contributed by atoms with Gasteiger partial charge in [0, 0.05) is 4.43 Å². The fourth-order valence-electron chi connectivity index (χ4n) is 4.36. The Morgan fingerprint density at radius 2 is 1.40 bits per heavy atom. The number of halogens is 1. The van der Waals surface area contributed by atoms with Gasteiger partial charge in [-0.1, -0.05) is 88.4 Å². The molecule has 0 aliphatic carbocycles. The molecular weight excluding hydrogens is 561 g/mol. The van der Waals surface area contributed by atoms with Crippen molar-refractivity contribution in [2.75, 3.05) is 4.43 Å². The number of hydrogen-bond acceptors (Lipinski definition) is 7. The van der Waals surface area contributed by atoms with E-state index < -0.39 is 29.9 Å². The molecule has 5 atom stereocenters. The maximum Gasteiger partial charge on any atom is 0.164 e. The van der Waals surface area contributed by atoms with Gasteiger partial charge in [-0.05, 0) is 38.8 Å². The standard InChI is InChI=1S/C27H34INO6/c1-26(2)32-21(15-28)23(33-26)25-24(34-27(3,4)35-25)22(30-17-19-11-7-5-8-12-19)16-29-31-18-20-13-9-6-10-14-20/h5-14,16,21-25H,15,17-18H2,1-4H3/b29-16+/t21-,22+,23-,24+,25+/m1/s1. The maximum atomic E-state index is 6.37. The lowest BCUT2D eigenvalue weighted by Gasteiger charge is -2.28. The predicted octanol–water partition coefficient (Wildman–Crippen LogP) is 5.25. The number of nitrogens with zero attached hydrogens (tertiary/aromatic N) is 1. The molecule has 2 aromatic rings. The Morgan fingerprint density at radius 3 is 2.03 bits per heavy atom. The van der Waals surface area contributed by atoms with E-state index in [0.717, 1.165) is 15.6 Å². The summed E-state index contributed by atoms with van der Waals surface area (Å²) in [5.41, 5.74) is 2.09. The van der Waals surface area contributed by atoms with Crippen LogP contribution >= 0.6 is 22.6 Å². The van der Waals surface area contributed by atoms with Crippen LogP contribution in [0.5, 0.6) is 0 Å². The Kier molecular flexibility index (Phi) is 8.83. The maximum absolute atomic E-state index is 6.37. The van der Waals surface area contributed by atoms with E-state index in [2.05, 4.69) is 27.7 Å². The van der Waals surface area contributed by atoms with E-state index in [1.807, 2.05) is 88.4 Å². The van der Waals surface area contributed by atoms with Crippen molar-refractivity contribution < 1.29 is 28.5 Å². The van der Waals surface area contributed by atoms with Crippen LogP contribution < -0.4 is 0 Å². The van der Waals surface area contributed by atoms with Crippen molar-refractivity contribution in [3.05, 3.63) is 71.8 Å². The first-order chi connectivity index (χ1) is 16.8. The molecule has 2 aliphatic heterocycles. The first kappa shape index (κ1) is 26.5. The topological polar surface area (TPSA) is 67.7 Å². The molecule has 0 unspecified atom stereocenters. The number of hydrogen-bond donors (Lipinski definition) is 0. The van der Waals surface area contributed by atoms with Gasteiger partial charge < -0.3 is 28.5 Å². The average Bonchev–Trinajstić information content (AvgIpc) is 3.34. The molecule has 2 heterocycles. The van der Waals surface area contributed by atoms with Crippen molar-refractivity contribution >= 4 is 28.8 Å². The zero-order valence-corrected chi connectivity index (χ0v) is 22.8. The van der Waals surface area contributed by atoms with Crippen LogP contribution in [0.4, 0.5) is 0 Å². The van der Waals surface area contributed by atoms with Crippen LogP contribution in [-0.2, 0) is 41.7 Å². The van der Waals surface area contributed by atoms with Gasteiger partial charge in [-0.3, -0.25) is 0 Å². The van der Waals surface area contributed by atoms with E-state index in [4.69, 9.17) is 28.5 Å². The zero-order valence-electron chi connectivity index (χ0n) is 20.6. The Morgan fingerprint density at radius 1 is 0.829 bits per heavy atom. The average molecular weight is 595 g/mol. The lowest BCUT2D eigenvalue weighted by atomic mass is 10.00. The van der Waals surface area contributed by atoms with Crippen LogP contribution in [0, 0.1) is 0 Å². The Hall–Kier alpha value is -1.56. The summed E-state index contributed by atoms with van der Waals surface area (Å²) in [4.78, 5) is 5.59. The molecule has 0 saturated carbocycles. The smallest absolute Gasteiger partial charge is 0.164 e. The summed E-state index contributed by atoms with van der Waals surface area (Å²) in [5.74, 6) is -1.51. The van der Waals surface area contributed by atoms with Crippen LogP contribution in [0.25, 0.3) is 0 Å². The molecule has 2 saturated heterocycles. The van der Waals surface area contributed by atoms with Gasteiger partial charge in [0.05, 0.1) is 18.9 Å². The summed E-state index contributed by atoms with van der Waals surface area (Å²) in [6, 6.07) is 19.9. The highest BCUT2D eigenvalue weighted by atomic mass is 127. The van der Waals surface area contributed by atoms with E-state index in [9.17, 15) is 0 Å². The van der Waals surface area contributed by atoms with Gasteiger partial charge in [0.2, 0.25) is 0 Å². The summed E-state index contributed by atoms with van der Waals surface area (Å²) in [7, 11) is 0. The quantitative estimate of drug-likeness (QED) is 0.162. The van der Waals surface area contributed by atoms with Crippen LogP contribution in [0.15, 0.2) is 65.8 Å². The van der Waals surface area contributed by atoms with Crippen molar-refractivity contribution in [2.45, 2.75) is 83.0 Å². The SMILES string of the molecule is CC1(C)O[C@@H]([C@@H]2OC(C)(C)O[C@@H]2CI)[C@H]([C@H](/C=N/OCc2ccccc2)OCc2ccccc2)O1. The molecule has 8 heteroatoms. The zero-order chi connectivity index (χ0) is 24.9. The minimum Gasteiger partial charge on any atom is -0.391 e. The third-order valence-corrected chi connectivity index (χ3v) is 6.69. The second-order valence-corrected chi connectivity index (χ2v) is 10.5. The normalized spacial score (nSPS) is 28.4. The van der Waals surface area contributed by atoms with Crippen LogP contribution in [0.1, 0.15) is 38.8 Å². The van der Waals surface area contributed by atoms with Gasteiger partial charge in [0.1, 0.15) is 31.0 Å². The predicted molar refractivity (Wildman–Crippen MR) is 141 cm³/mol. The number of benzene rings is 2. The summed E-state index contributed by atoms with van der Waals surface area (Å²) in [6.07, 6.45) is -0.181. The van der Waals surface area contributed by atoms with Crippen LogP contribution in [0.3, 0.4) is 0 Å². The number of rotatable bonds is 10. The highest BCUT2D eigenvalue weighted by Gasteiger charge is 2.55. The molecule has 0 spiro atoms. The molecule has 35 heavy (non-hydrogen) atoms. The molecule has 4 rings (SSSR count). The molecule has 0 bridgehead atoms. The molecule has 2 aromatic carbocycles. The summed E-state index contributed by atoms with van der Waals surface area (Å²) in [6.45, 7) is 8.40. The minimum absolute atomic E-state index is 0.128. The Labute approximate surface area is 221 Å². The van der Waals surface area contributed by atoms with Gasteiger partial charge in [-0.25, -0.2) is 0 Å². The monoisotopic (exact) mass is 595 g/mol. The molecule has 2 aliphatic rings. The largest absolute Gasteiger partial charge is 0.391 e. The molecule has 2 fully saturated rings. The van der Waals surface area contributed by atoms with Crippen molar-refractivity contribution in [1.82, 2.24) is 0 Å². The van der Waals surface area contributed by atoms with Gasteiger partial charge in [0.25, 0.3) is 0 Å². The highest BCUT2D eigenvalue weighted by molar-refractivity contribution is 14.1. The summed E-state index contributed by atoms with van der Waals surface area (Å²) >= 11 is 2.32. The molecular formula is C27H34INO6. The van der Waals surface area contributed by atoms with Crippen molar-refractivity contribution in [2.24, 2.45) is 5.16 Å². The second-order valence-electron chi connectivity index (χ2n) is 9.63. The van der Waals surface area contributed by atoms with E-state index >= 15 is 0 Å². The molecule has 7 nitrogen and oxygen atoms in total. The van der Waals surface area contributed by atoms with Gasteiger partial charge >= 0.3 is 0 Å². The number of oxime groups is 1. The van der Waals surface area contributed by atoms with Crippen molar-refractivity contribution in [3.8, 4) is 0 Å². The molecule has 0 amide bonds. The first-order valence-electron chi connectivity index (χ1n) is 11.9. The van der Waals surface area contributed by atoms with E-state index in [1.165, 1.54) is 0 Å². The van der Waals surface area contributed by atoms with E-state index in [1.54, 1.807) is 6.21 Å². The second kappa shape index (κ2) is 11.7. The first-order valence-corrected chi connectivity index (χ1v) is 13.4. The molecule has 0 N–H and O–H groups in total. The molecule has 190 valence electrons. The molecule has 0 aromatic heterocycles. The summed E-state index contributed by atoms with van der Waals surface area (Å²) in [5, 5.41) is 4.24. The number of alkyl halides is 1. The number of ether oxygens (including phenoxy) is 5. The third kappa shape index (κ3) is 7.24. The Balaban J connectivity index is 1.53. The van der Waals surface area contributed by atoms with Gasteiger partial charge in [-0.2, -0.15) is 0 Å². The fraction of sp³-hybridized carbons (Fsp3) is 0.519. The van der Waals surface area contributed by atoms with Crippen molar-refractivity contribution in [3.63, 3.8) is 0 Å².